The molecule has 1 amide bonds. The zero-order chi connectivity index (χ0) is 9.54. The Hall–Kier alpha value is -1.35. The molecule has 1 saturated heterocycles. The predicted molar refractivity (Wildman–Crippen MR) is 53.1 cm³/mol. The average Bonchev–Trinajstić information content (AvgIpc) is 2.55. The van der Waals surface area contributed by atoms with Crippen molar-refractivity contribution in [3.8, 4) is 0 Å². The summed E-state index contributed by atoms with van der Waals surface area (Å²) in [5.41, 5.74) is 2.07. The van der Waals surface area contributed by atoms with Gasteiger partial charge in [-0.1, -0.05) is 18.2 Å². The summed E-state index contributed by atoms with van der Waals surface area (Å²) in [5.74, 6) is 0.201. The van der Waals surface area contributed by atoms with Crippen LogP contribution in [-0.2, 0) is 0 Å². The van der Waals surface area contributed by atoms with Gasteiger partial charge in [-0.25, -0.2) is 0 Å². The Bertz CT molecular complexity index is 389. The van der Waals surface area contributed by atoms with Crippen LogP contribution in [0, 0.1) is 0 Å². The summed E-state index contributed by atoms with van der Waals surface area (Å²) >= 11 is 0. The summed E-state index contributed by atoms with van der Waals surface area (Å²) in [6.07, 6.45) is 0. The summed E-state index contributed by atoms with van der Waals surface area (Å²) in [6.45, 7) is 2.64. The van der Waals surface area contributed by atoms with Crippen molar-refractivity contribution in [3.63, 3.8) is 0 Å². The molecule has 0 saturated carbocycles. The fraction of sp³-hybridized carbons (Fsp3) is 0.364. The van der Waals surface area contributed by atoms with Crippen molar-refractivity contribution >= 4 is 5.91 Å². The number of hydrogen-bond acceptors (Lipinski definition) is 2. The summed E-state index contributed by atoms with van der Waals surface area (Å²) in [6, 6.07) is 8.20. The highest BCUT2D eigenvalue weighted by Crippen LogP contribution is 2.33. The monoisotopic (exact) mass is 188 g/mol. The zero-order valence-electron chi connectivity index (χ0n) is 7.86. The molecular formula is C11H12N2O. The first-order valence-electron chi connectivity index (χ1n) is 4.98. The van der Waals surface area contributed by atoms with E-state index in [-0.39, 0.29) is 11.9 Å². The van der Waals surface area contributed by atoms with E-state index < -0.39 is 0 Å². The third-order valence-electron chi connectivity index (χ3n) is 3.05. The van der Waals surface area contributed by atoms with E-state index >= 15 is 0 Å². The molecule has 3 rings (SSSR count). The van der Waals surface area contributed by atoms with Gasteiger partial charge in [0.2, 0.25) is 0 Å². The molecule has 1 N–H and O–H groups in total. The Kier molecular flexibility index (Phi) is 1.61. The van der Waals surface area contributed by atoms with Gasteiger partial charge < -0.3 is 10.2 Å². The number of rotatable bonds is 0. The molecular weight excluding hydrogens is 176 g/mol. The number of hydrogen-bond donors (Lipinski definition) is 1. The highest BCUT2D eigenvalue weighted by molar-refractivity contribution is 5.99. The van der Waals surface area contributed by atoms with Gasteiger partial charge in [0.05, 0.1) is 6.04 Å². The highest BCUT2D eigenvalue weighted by atomic mass is 16.2. The minimum absolute atomic E-state index is 0.201. The van der Waals surface area contributed by atoms with E-state index in [4.69, 9.17) is 0 Å². The summed E-state index contributed by atoms with van der Waals surface area (Å²) < 4.78 is 0. The predicted octanol–water partition coefficient (Wildman–Crippen LogP) is 0.787. The number of nitrogens with one attached hydrogen (secondary N) is 1. The molecule has 1 aromatic rings. The lowest BCUT2D eigenvalue weighted by Crippen LogP contribution is -2.44. The van der Waals surface area contributed by atoms with Crippen molar-refractivity contribution in [1.29, 1.82) is 0 Å². The quantitative estimate of drug-likeness (QED) is 0.652. The van der Waals surface area contributed by atoms with E-state index in [1.807, 2.05) is 23.1 Å². The molecule has 0 spiro atoms. The van der Waals surface area contributed by atoms with Gasteiger partial charge in [0.15, 0.2) is 0 Å². The SMILES string of the molecule is O=C1c2ccccc2[C@@H]2CNCCN12. The van der Waals surface area contributed by atoms with Crippen molar-refractivity contribution in [3.05, 3.63) is 35.4 Å². The topological polar surface area (TPSA) is 32.3 Å². The van der Waals surface area contributed by atoms with Crippen molar-refractivity contribution < 1.29 is 4.79 Å². The smallest absolute Gasteiger partial charge is 0.254 e. The van der Waals surface area contributed by atoms with E-state index in [1.165, 1.54) is 5.56 Å². The summed E-state index contributed by atoms with van der Waals surface area (Å²) in [7, 11) is 0. The Morgan fingerprint density at radius 2 is 2.21 bits per heavy atom. The van der Waals surface area contributed by atoms with Crippen LogP contribution in [0.4, 0.5) is 0 Å². The van der Waals surface area contributed by atoms with E-state index in [1.54, 1.807) is 0 Å². The van der Waals surface area contributed by atoms with Gasteiger partial charge in [-0.2, -0.15) is 0 Å². The second kappa shape index (κ2) is 2.82. The Morgan fingerprint density at radius 3 is 3.14 bits per heavy atom. The van der Waals surface area contributed by atoms with Crippen LogP contribution >= 0.6 is 0 Å². The molecule has 2 aliphatic rings. The first-order chi connectivity index (χ1) is 6.88. The largest absolute Gasteiger partial charge is 0.329 e. The number of carbonyl (C=O) groups excluding carboxylic acids is 1. The van der Waals surface area contributed by atoms with E-state index in [9.17, 15) is 4.79 Å². The van der Waals surface area contributed by atoms with Crippen molar-refractivity contribution in [2.75, 3.05) is 19.6 Å². The molecule has 1 fully saturated rings. The Labute approximate surface area is 82.7 Å². The minimum Gasteiger partial charge on any atom is -0.329 e. The number of fused-ring (bicyclic) bond motifs is 3. The molecule has 3 nitrogen and oxygen atoms in total. The molecule has 1 atom stereocenters. The fourth-order valence-corrected chi connectivity index (χ4v) is 2.36. The summed E-state index contributed by atoms with van der Waals surface area (Å²) in [4.78, 5) is 13.9. The molecule has 1 aromatic carbocycles. The molecule has 14 heavy (non-hydrogen) atoms. The van der Waals surface area contributed by atoms with Gasteiger partial charge in [0, 0.05) is 25.2 Å². The molecule has 0 radical (unpaired) electrons. The van der Waals surface area contributed by atoms with Gasteiger partial charge >= 0.3 is 0 Å². The van der Waals surface area contributed by atoms with Gasteiger partial charge in [-0.3, -0.25) is 4.79 Å². The van der Waals surface area contributed by atoms with Crippen LogP contribution in [0.15, 0.2) is 24.3 Å². The van der Waals surface area contributed by atoms with E-state index in [0.29, 0.717) is 0 Å². The van der Waals surface area contributed by atoms with Crippen LogP contribution in [0.3, 0.4) is 0 Å². The van der Waals surface area contributed by atoms with Crippen molar-refractivity contribution in [2.24, 2.45) is 0 Å². The molecule has 2 aliphatic heterocycles. The third-order valence-corrected chi connectivity index (χ3v) is 3.05. The highest BCUT2D eigenvalue weighted by Gasteiger charge is 2.37. The Morgan fingerprint density at radius 1 is 1.36 bits per heavy atom. The first-order valence-corrected chi connectivity index (χ1v) is 4.98. The molecule has 0 bridgehead atoms. The first kappa shape index (κ1) is 8.00. The second-order valence-corrected chi connectivity index (χ2v) is 3.81. The zero-order valence-corrected chi connectivity index (χ0v) is 7.86. The molecule has 0 aromatic heterocycles. The number of nitrogens with zero attached hydrogens (tertiary/aromatic N) is 1. The van der Waals surface area contributed by atoms with Crippen molar-refractivity contribution in [2.45, 2.75) is 6.04 Å². The lowest BCUT2D eigenvalue weighted by molar-refractivity contribution is 0.0691. The van der Waals surface area contributed by atoms with Crippen molar-refractivity contribution in [1.82, 2.24) is 10.2 Å². The molecule has 0 aliphatic carbocycles. The number of benzene rings is 1. The number of piperazine rings is 1. The summed E-state index contributed by atoms with van der Waals surface area (Å²) in [5, 5.41) is 3.32. The Balaban J connectivity index is 2.11. The van der Waals surface area contributed by atoms with E-state index in [2.05, 4.69) is 11.4 Å². The maximum Gasteiger partial charge on any atom is 0.254 e. The van der Waals surface area contributed by atoms with Gasteiger partial charge in [0.25, 0.3) is 5.91 Å². The third kappa shape index (κ3) is 0.930. The lowest BCUT2D eigenvalue weighted by Gasteiger charge is -2.30. The molecule has 2 heterocycles. The number of amides is 1. The minimum atomic E-state index is 0.201. The normalized spacial score (nSPS) is 24.7. The second-order valence-electron chi connectivity index (χ2n) is 3.81. The molecule has 72 valence electrons. The standard InChI is InChI=1S/C11H12N2O/c14-11-9-4-2-1-3-8(9)10-7-12-5-6-13(10)11/h1-4,10,12H,5-7H2/t10-/m0/s1. The van der Waals surface area contributed by atoms with E-state index in [0.717, 1.165) is 25.2 Å². The lowest BCUT2D eigenvalue weighted by atomic mass is 10.0. The van der Waals surface area contributed by atoms with Crippen LogP contribution in [0.2, 0.25) is 0 Å². The molecule has 3 heteroatoms. The fourth-order valence-electron chi connectivity index (χ4n) is 2.36. The maximum atomic E-state index is 11.9. The van der Waals surface area contributed by atoms with Crippen LogP contribution in [0.25, 0.3) is 0 Å². The van der Waals surface area contributed by atoms with Crippen LogP contribution in [0.1, 0.15) is 22.0 Å². The van der Waals surface area contributed by atoms with Gasteiger partial charge in [0.1, 0.15) is 0 Å². The van der Waals surface area contributed by atoms with Crippen LogP contribution in [0.5, 0.6) is 0 Å². The van der Waals surface area contributed by atoms with Crippen LogP contribution in [-0.4, -0.2) is 30.4 Å². The van der Waals surface area contributed by atoms with Gasteiger partial charge in [-0.15, -0.1) is 0 Å². The van der Waals surface area contributed by atoms with Gasteiger partial charge in [-0.05, 0) is 11.6 Å². The number of carbonyl (C=O) groups is 1. The maximum absolute atomic E-state index is 11.9. The molecule has 0 unspecified atom stereocenters. The van der Waals surface area contributed by atoms with Crippen LogP contribution < -0.4 is 5.32 Å². The average molecular weight is 188 g/mol.